The first-order valence-electron chi connectivity index (χ1n) is 7.33. The van der Waals surface area contributed by atoms with Crippen LogP contribution in [0.2, 0.25) is 0 Å². The Morgan fingerprint density at radius 2 is 1.81 bits per heavy atom. The SMILES string of the molecule is COc1ccc(C2(CNC(=O)C(C)(C)C)CC2)cc1OC. The molecular formula is C17H25NO3. The highest BCUT2D eigenvalue weighted by Crippen LogP contribution is 2.49. The third-order valence-electron chi connectivity index (χ3n) is 4.12. The first-order valence-corrected chi connectivity index (χ1v) is 7.33. The van der Waals surface area contributed by atoms with Crippen molar-refractivity contribution in [2.24, 2.45) is 5.41 Å². The Balaban J connectivity index is 2.12. The summed E-state index contributed by atoms with van der Waals surface area (Å²) in [5.41, 5.74) is 0.906. The van der Waals surface area contributed by atoms with Crippen molar-refractivity contribution >= 4 is 5.91 Å². The zero-order chi connectivity index (χ0) is 15.7. The Morgan fingerprint density at radius 3 is 2.29 bits per heavy atom. The Labute approximate surface area is 126 Å². The van der Waals surface area contributed by atoms with Crippen LogP contribution >= 0.6 is 0 Å². The maximum atomic E-state index is 12.0. The van der Waals surface area contributed by atoms with Crippen LogP contribution in [0.5, 0.6) is 11.5 Å². The standard InChI is InChI=1S/C17H25NO3/c1-16(2,3)15(19)18-11-17(8-9-17)12-6-7-13(20-4)14(10-12)21-5/h6-7,10H,8-9,11H2,1-5H3,(H,18,19). The van der Waals surface area contributed by atoms with Gasteiger partial charge in [0.1, 0.15) is 0 Å². The van der Waals surface area contributed by atoms with Gasteiger partial charge in [-0.25, -0.2) is 0 Å². The molecule has 1 saturated carbocycles. The van der Waals surface area contributed by atoms with E-state index in [2.05, 4.69) is 11.4 Å². The fourth-order valence-electron chi connectivity index (χ4n) is 2.40. The number of hydrogen-bond donors (Lipinski definition) is 1. The van der Waals surface area contributed by atoms with E-state index >= 15 is 0 Å². The first kappa shape index (κ1) is 15.7. The summed E-state index contributed by atoms with van der Waals surface area (Å²) in [6.45, 7) is 6.47. The molecule has 1 amide bonds. The predicted molar refractivity (Wildman–Crippen MR) is 82.9 cm³/mol. The van der Waals surface area contributed by atoms with Gasteiger partial charge in [0.15, 0.2) is 11.5 Å². The maximum absolute atomic E-state index is 12.0. The van der Waals surface area contributed by atoms with Crippen LogP contribution in [0.4, 0.5) is 0 Å². The number of rotatable bonds is 5. The Hall–Kier alpha value is -1.71. The van der Waals surface area contributed by atoms with E-state index in [1.165, 1.54) is 5.56 Å². The highest BCUT2D eigenvalue weighted by molar-refractivity contribution is 5.81. The van der Waals surface area contributed by atoms with E-state index in [0.717, 1.165) is 24.3 Å². The largest absolute Gasteiger partial charge is 0.493 e. The predicted octanol–water partition coefficient (Wildman–Crippen LogP) is 2.90. The molecule has 0 saturated heterocycles. The molecule has 1 aromatic carbocycles. The fourth-order valence-corrected chi connectivity index (χ4v) is 2.40. The summed E-state index contributed by atoms with van der Waals surface area (Å²) < 4.78 is 10.6. The van der Waals surface area contributed by atoms with Crippen molar-refractivity contribution in [3.63, 3.8) is 0 Å². The van der Waals surface area contributed by atoms with E-state index in [9.17, 15) is 4.79 Å². The van der Waals surface area contributed by atoms with Crippen LogP contribution in [0.3, 0.4) is 0 Å². The quantitative estimate of drug-likeness (QED) is 0.907. The lowest BCUT2D eigenvalue weighted by molar-refractivity contribution is -0.128. The molecule has 116 valence electrons. The number of carbonyl (C=O) groups is 1. The number of hydrogen-bond acceptors (Lipinski definition) is 3. The maximum Gasteiger partial charge on any atom is 0.225 e. The summed E-state index contributed by atoms with van der Waals surface area (Å²) in [6.07, 6.45) is 2.18. The van der Waals surface area contributed by atoms with Crippen LogP contribution in [-0.2, 0) is 10.2 Å². The van der Waals surface area contributed by atoms with E-state index in [-0.39, 0.29) is 16.7 Å². The second kappa shape index (κ2) is 5.58. The molecule has 0 radical (unpaired) electrons. The van der Waals surface area contributed by atoms with Crippen LogP contribution < -0.4 is 14.8 Å². The second-order valence-electron chi connectivity index (χ2n) is 6.78. The van der Waals surface area contributed by atoms with Crippen molar-refractivity contribution in [3.05, 3.63) is 23.8 Å². The van der Waals surface area contributed by atoms with Gasteiger partial charge < -0.3 is 14.8 Å². The summed E-state index contributed by atoms with van der Waals surface area (Å²) in [6, 6.07) is 6.02. The monoisotopic (exact) mass is 291 g/mol. The van der Waals surface area contributed by atoms with E-state index in [4.69, 9.17) is 9.47 Å². The van der Waals surface area contributed by atoms with Gasteiger partial charge in [0, 0.05) is 17.4 Å². The lowest BCUT2D eigenvalue weighted by Gasteiger charge is -2.22. The van der Waals surface area contributed by atoms with Gasteiger partial charge in [0.05, 0.1) is 14.2 Å². The van der Waals surface area contributed by atoms with Crippen LogP contribution in [0, 0.1) is 5.41 Å². The lowest BCUT2D eigenvalue weighted by Crippen LogP contribution is -2.39. The van der Waals surface area contributed by atoms with Crippen molar-refractivity contribution < 1.29 is 14.3 Å². The summed E-state index contributed by atoms with van der Waals surface area (Å²) in [7, 11) is 3.27. The average Bonchev–Trinajstić information content (AvgIpc) is 3.24. The van der Waals surface area contributed by atoms with E-state index in [1.54, 1.807) is 14.2 Å². The molecule has 1 fully saturated rings. The summed E-state index contributed by atoms with van der Waals surface area (Å²) in [5, 5.41) is 3.08. The molecule has 0 aliphatic heterocycles. The van der Waals surface area contributed by atoms with Crippen LogP contribution in [-0.4, -0.2) is 26.7 Å². The highest BCUT2D eigenvalue weighted by atomic mass is 16.5. The number of ether oxygens (including phenoxy) is 2. The second-order valence-corrected chi connectivity index (χ2v) is 6.78. The molecule has 1 aromatic rings. The van der Waals surface area contributed by atoms with Gasteiger partial charge in [-0.05, 0) is 30.5 Å². The Morgan fingerprint density at radius 1 is 1.19 bits per heavy atom. The van der Waals surface area contributed by atoms with E-state index < -0.39 is 0 Å². The topological polar surface area (TPSA) is 47.6 Å². The molecule has 0 heterocycles. The average molecular weight is 291 g/mol. The minimum Gasteiger partial charge on any atom is -0.493 e. The van der Waals surface area contributed by atoms with Gasteiger partial charge in [-0.1, -0.05) is 26.8 Å². The molecule has 4 nitrogen and oxygen atoms in total. The number of benzene rings is 1. The third-order valence-corrected chi connectivity index (χ3v) is 4.12. The van der Waals surface area contributed by atoms with Gasteiger partial charge in [0.2, 0.25) is 5.91 Å². The fraction of sp³-hybridized carbons (Fsp3) is 0.588. The van der Waals surface area contributed by atoms with Crippen molar-refractivity contribution in [1.82, 2.24) is 5.32 Å². The Kier molecular flexibility index (Phi) is 4.17. The molecule has 0 spiro atoms. The van der Waals surface area contributed by atoms with Gasteiger partial charge >= 0.3 is 0 Å². The third kappa shape index (κ3) is 3.31. The summed E-state index contributed by atoms with van der Waals surface area (Å²) in [5.74, 6) is 1.56. The highest BCUT2D eigenvalue weighted by Gasteiger charge is 2.45. The van der Waals surface area contributed by atoms with Crippen molar-refractivity contribution in [2.45, 2.75) is 39.0 Å². The van der Waals surface area contributed by atoms with Gasteiger partial charge in [0.25, 0.3) is 0 Å². The van der Waals surface area contributed by atoms with Crippen LogP contribution in [0.25, 0.3) is 0 Å². The molecule has 1 aliphatic carbocycles. The lowest BCUT2D eigenvalue weighted by atomic mass is 9.92. The minimum atomic E-state index is -0.353. The molecule has 0 atom stereocenters. The molecule has 4 heteroatoms. The van der Waals surface area contributed by atoms with Gasteiger partial charge in [-0.3, -0.25) is 4.79 Å². The zero-order valence-corrected chi connectivity index (χ0v) is 13.6. The zero-order valence-electron chi connectivity index (χ0n) is 13.6. The van der Waals surface area contributed by atoms with Gasteiger partial charge in [-0.15, -0.1) is 0 Å². The Bertz CT molecular complexity index is 527. The van der Waals surface area contributed by atoms with Crippen molar-refractivity contribution in [1.29, 1.82) is 0 Å². The minimum absolute atomic E-state index is 0.0560. The molecule has 2 rings (SSSR count). The number of carbonyl (C=O) groups excluding carboxylic acids is 1. The molecule has 0 bridgehead atoms. The summed E-state index contributed by atoms with van der Waals surface area (Å²) in [4.78, 5) is 12.0. The molecule has 0 aromatic heterocycles. The number of nitrogens with one attached hydrogen (secondary N) is 1. The molecular weight excluding hydrogens is 266 g/mol. The van der Waals surface area contributed by atoms with E-state index in [0.29, 0.717) is 6.54 Å². The van der Waals surface area contributed by atoms with Crippen LogP contribution in [0.15, 0.2) is 18.2 Å². The van der Waals surface area contributed by atoms with Crippen molar-refractivity contribution in [3.8, 4) is 11.5 Å². The smallest absolute Gasteiger partial charge is 0.225 e. The molecule has 1 N–H and O–H groups in total. The number of methoxy groups -OCH3 is 2. The van der Waals surface area contributed by atoms with Gasteiger partial charge in [-0.2, -0.15) is 0 Å². The van der Waals surface area contributed by atoms with Crippen LogP contribution in [0.1, 0.15) is 39.2 Å². The molecule has 21 heavy (non-hydrogen) atoms. The normalized spacial score (nSPS) is 16.2. The first-order chi connectivity index (χ1) is 9.82. The summed E-state index contributed by atoms with van der Waals surface area (Å²) >= 11 is 0. The van der Waals surface area contributed by atoms with Crippen molar-refractivity contribution in [2.75, 3.05) is 20.8 Å². The molecule has 1 aliphatic rings. The van der Waals surface area contributed by atoms with E-state index in [1.807, 2.05) is 32.9 Å². The number of amides is 1. The molecule has 0 unspecified atom stereocenters.